The molecule has 88 valence electrons. The third kappa shape index (κ3) is 2.76. The number of aromatic nitrogens is 1. The molecule has 0 spiro atoms. The van der Waals surface area contributed by atoms with Crippen molar-refractivity contribution in [3.63, 3.8) is 0 Å². The van der Waals surface area contributed by atoms with Crippen molar-refractivity contribution in [2.45, 2.75) is 6.54 Å². The number of carbonyl (C=O) groups is 1. The Morgan fingerprint density at radius 2 is 2.41 bits per heavy atom. The molecule has 0 saturated carbocycles. The normalized spacial score (nSPS) is 10.2. The van der Waals surface area contributed by atoms with Crippen molar-refractivity contribution in [2.75, 3.05) is 5.32 Å². The topological polar surface area (TPSA) is 75.4 Å². The zero-order valence-corrected chi connectivity index (χ0v) is 9.44. The van der Waals surface area contributed by atoms with E-state index in [0.29, 0.717) is 12.4 Å². The highest BCUT2D eigenvalue weighted by Gasteiger charge is 2.08. The lowest BCUT2D eigenvalue weighted by Gasteiger charge is -2.06. The monoisotopic (exact) mass is 252 g/mol. The van der Waals surface area contributed by atoms with Crippen LogP contribution in [0.5, 0.6) is 0 Å². The summed E-state index contributed by atoms with van der Waals surface area (Å²) in [5.41, 5.74) is 1.01. The van der Waals surface area contributed by atoms with Crippen molar-refractivity contribution >= 4 is 23.4 Å². The van der Waals surface area contributed by atoms with E-state index in [1.165, 1.54) is 12.3 Å². The van der Waals surface area contributed by atoms with Crippen LogP contribution in [0.25, 0.3) is 0 Å². The number of nitrogens with zero attached hydrogens (tertiary/aromatic N) is 1. The van der Waals surface area contributed by atoms with E-state index in [0.717, 1.165) is 5.56 Å². The van der Waals surface area contributed by atoms with Crippen LogP contribution in [0.3, 0.4) is 0 Å². The predicted octanol–water partition coefficient (Wildman–Crippen LogP) is 2.64. The SMILES string of the molecule is O=C(O)c1cnc(NCc2ccoc2)c(Cl)c1. The molecular weight excluding hydrogens is 244 g/mol. The Balaban J connectivity index is 2.09. The van der Waals surface area contributed by atoms with Gasteiger partial charge in [-0.25, -0.2) is 9.78 Å². The maximum atomic E-state index is 10.7. The fourth-order valence-electron chi connectivity index (χ4n) is 1.26. The second-order valence-electron chi connectivity index (χ2n) is 3.34. The number of aromatic carboxylic acids is 1. The van der Waals surface area contributed by atoms with Gasteiger partial charge in [0.25, 0.3) is 0 Å². The lowest BCUT2D eigenvalue weighted by Crippen LogP contribution is -2.03. The number of furan rings is 1. The van der Waals surface area contributed by atoms with Crippen molar-refractivity contribution in [2.24, 2.45) is 0 Å². The van der Waals surface area contributed by atoms with E-state index in [4.69, 9.17) is 21.1 Å². The van der Waals surface area contributed by atoms with Gasteiger partial charge in [0.05, 0.1) is 23.1 Å². The molecule has 17 heavy (non-hydrogen) atoms. The molecule has 0 atom stereocenters. The van der Waals surface area contributed by atoms with Gasteiger partial charge in [-0.3, -0.25) is 0 Å². The van der Waals surface area contributed by atoms with Crippen LogP contribution >= 0.6 is 11.6 Å². The minimum absolute atomic E-state index is 0.0591. The van der Waals surface area contributed by atoms with Crippen LogP contribution in [0, 0.1) is 0 Å². The number of rotatable bonds is 4. The highest BCUT2D eigenvalue weighted by Crippen LogP contribution is 2.20. The van der Waals surface area contributed by atoms with Crippen molar-refractivity contribution in [3.8, 4) is 0 Å². The summed E-state index contributed by atoms with van der Waals surface area (Å²) in [5, 5.41) is 12.0. The second kappa shape index (κ2) is 4.88. The smallest absolute Gasteiger partial charge is 0.337 e. The number of carboxylic acids is 1. The van der Waals surface area contributed by atoms with Crippen LogP contribution in [-0.2, 0) is 6.54 Å². The first-order chi connectivity index (χ1) is 8.16. The van der Waals surface area contributed by atoms with Crippen molar-refractivity contribution in [1.82, 2.24) is 4.98 Å². The number of nitrogens with one attached hydrogen (secondary N) is 1. The number of anilines is 1. The third-order valence-corrected chi connectivity index (χ3v) is 2.42. The second-order valence-corrected chi connectivity index (χ2v) is 3.75. The molecule has 0 unspecified atom stereocenters. The molecular formula is C11H9ClN2O3. The summed E-state index contributed by atoms with van der Waals surface area (Å²) in [6.45, 7) is 0.510. The summed E-state index contributed by atoms with van der Waals surface area (Å²) in [6, 6.07) is 3.17. The third-order valence-electron chi connectivity index (χ3n) is 2.13. The molecule has 0 amide bonds. The molecule has 2 aromatic rings. The summed E-state index contributed by atoms with van der Waals surface area (Å²) in [6.07, 6.45) is 4.43. The summed E-state index contributed by atoms with van der Waals surface area (Å²) in [4.78, 5) is 14.6. The van der Waals surface area contributed by atoms with Gasteiger partial charge in [0.2, 0.25) is 0 Å². The van der Waals surface area contributed by atoms with Gasteiger partial charge in [-0.2, -0.15) is 0 Å². The average Bonchev–Trinajstić information content (AvgIpc) is 2.80. The Bertz CT molecular complexity index is 526. The van der Waals surface area contributed by atoms with Crippen LogP contribution in [0.2, 0.25) is 5.02 Å². The molecule has 5 nitrogen and oxygen atoms in total. The maximum Gasteiger partial charge on any atom is 0.337 e. The first-order valence-electron chi connectivity index (χ1n) is 4.80. The van der Waals surface area contributed by atoms with Crippen molar-refractivity contribution in [3.05, 3.63) is 47.0 Å². The van der Waals surface area contributed by atoms with Crippen molar-refractivity contribution < 1.29 is 14.3 Å². The molecule has 6 heteroatoms. The van der Waals surface area contributed by atoms with Crippen LogP contribution in [0.4, 0.5) is 5.82 Å². The molecule has 0 bridgehead atoms. The van der Waals surface area contributed by atoms with E-state index < -0.39 is 5.97 Å². The van der Waals surface area contributed by atoms with Gasteiger partial charge in [-0.15, -0.1) is 0 Å². The van der Waals surface area contributed by atoms with Crippen molar-refractivity contribution in [1.29, 1.82) is 0 Å². The summed E-state index contributed by atoms with van der Waals surface area (Å²) in [7, 11) is 0. The predicted molar refractivity (Wildman–Crippen MR) is 62.2 cm³/mol. The average molecular weight is 253 g/mol. The molecule has 0 fully saturated rings. The minimum atomic E-state index is -1.05. The fourth-order valence-corrected chi connectivity index (χ4v) is 1.50. The first kappa shape index (κ1) is 11.5. The highest BCUT2D eigenvalue weighted by molar-refractivity contribution is 6.33. The van der Waals surface area contributed by atoms with Gasteiger partial charge in [-0.1, -0.05) is 11.6 Å². The number of hydrogen-bond acceptors (Lipinski definition) is 4. The highest BCUT2D eigenvalue weighted by atomic mass is 35.5. The quantitative estimate of drug-likeness (QED) is 0.875. The molecule has 2 rings (SSSR count). The molecule has 0 aromatic carbocycles. The van der Waals surface area contributed by atoms with E-state index in [2.05, 4.69) is 10.3 Å². The van der Waals surface area contributed by atoms with Crippen LogP contribution in [0.1, 0.15) is 15.9 Å². The molecule has 2 N–H and O–H groups in total. The summed E-state index contributed by atoms with van der Waals surface area (Å²) < 4.78 is 4.91. The van der Waals surface area contributed by atoms with Crippen LogP contribution in [0.15, 0.2) is 35.3 Å². The summed E-state index contributed by atoms with van der Waals surface area (Å²) >= 11 is 5.90. The number of pyridine rings is 1. The van der Waals surface area contributed by atoms with E-state index in [1.807, 2.05) is 6.07 Å². The number of halogens is 1. The van der Waals surface area contributed by atoms with Crippen LogP contribution < -0.4 is 5.32 Å². The molecule has 2 heterocycles. The number of hydrogen-bond donors (Lipinski definition) is 2. The Kier molecular flexibility index (Phi) is 3.30. The lowest BCUT2D eigenvalue weighted by molar-refractivity contribution is 0.0696. The summed E-state index contributed by atoms with van der Waals surface area (Å²) in [5.74, 6) is -0.612. The Morgan fingerprint density at radius 1 is 1.59 bits per heavy atom. The van der Waals surface area contributed by atoms with Gasteiger partial charge in [-0.05, 0) is 12.1 Å². The molecule has 2 aromatic heterocycles. The minimum Gasteiger partial charge on any atom is -0.478 e. The van der Waals surface area contributed by atoms with E-state index in [-0.39, 0.29) is 10.6 Å². The van der Waals surface area contributed by atoms with E-state index >= 15 is 0 Å². The standard InChI is InChI=1S/C11H9ClN2O3/c12-9-3-8(11(15)16)5-14-10(9)13-4-7-1-2-17-6-7/h1-3,5-6H,4H2,(H,13,14)(H,15,16). The van der Waals surface area contributed by atoms with Crippen LogP contribution in [-0.4, -0.2) is 16.1 Å². The zero-order valence-electron chi connectivity index (χ0n) is 8.68. The Labute approximate surface area is 102 Å². The largest absolute Gasteiger partial charge is 0.478 e. The van der Waals surface area contributed by atoms with Gasteiger partial charge >= 0.3 is 5.97 Å². The molecule has 0 radical (unpaired) electrons. The molecule has 0 aliphatic rings. The Hall–Kier alpha value is -2.01. The maximum absolute atomic E-state index is 10.7. The Morgan fingerprint density at radius 3 is 3.00 bits per heavy atom. The lowest BCUT2D eigenvalue weighted by atomic mass is 10.3. The fraction of sp³-hybridized carbons (Fsp3) is 0.0909. The van der Waals surface area contributed by atoms with Gasteiger partial charge in [0.15, 0.2) is 0 Å². The molecule has 0 saturated heterocycles. The number of carboxylic acid groups (broad SMARTS) is 1. The molecule has 0 aliphatic heterocycles. The van der Waals surface area contributed by atoms with E-state index in [1.54, 1.807) is 12.5 Å². The zero-order chi connectivity index (χ0) is 12.3. The van der Waals surface area contributed by atoms with Gasteiger partial charge in [0, 0.05) is 18.3 Å². The van der Waals surface area contributed by atoms with Gasteiger partial charge in [0.1, 0.15) is 5.82 Å². The molecule has 0 aliphatic carbocycles. The van der Waals surface area contributed by atoms with Gasteiger partial charge < -0.3 is 14.8 Å². The van der Waals surface area contributed by atoms with E-state index in [9.17, 15) is 4.79 Å². The first-order valence-corrected chi connectivity index (χ1v) is 5.18.